The molecule has 0 spiro atoms. The van der Waals surface area contributed by atoms with Crippen LogP contribution in [0, 0.1) is 27.7 Å². The molecule has 0 aliphatic carbocycles. The number of aliphatic hydroxyl groups is 1. The SMILES string of the molecule is Cc1cccc(C(O)Cc2c(C)cccc2C)c1C. The largest absolute Gasteiger partial charge is 0.388 e. The lowest BCUT2D eigenvalue weighted by molar-refractivity contribution is 0.177. The van der Waals surface area contributed by atoms with Crippen molar-refractivity contribution < 1.29 is 5.11 Å². The second-order valence-corrected chi connectivity index (χ2v) is 5.38. The molecule has 1 atom stereocenters. The molecule has 0 saturated heterocycles. The van der Waals surface area contributed by atoms with Crippen LogP contribution in [0.2, 0.25) is 0 Å². The van der Waals surface area contributed by atoms with Crippen LogP contribution in [0.4, 0.5) is 0 Å². The first-order valence-corrected chi connectivity index (χ1v) is 6.80. The summed E-state index contributed by atoms with van der Waals surface area (Å²) >= 11 is 0. The van der Waals surface area contributed by atoms with Crippen molar-refractivity contribution in [2.75, 3.05) is 0 Å². The van der Waals surface area contributed by atoms with Gasteiger partial charge in [-0.3, -0.25) is 0 Å². The van der Waals surface area contributed by atoms with Gasteiger partial charge in [-0.1, -0.05) is 36.4 Å². The molecule has 0 aromatic heterocycles. The number of rotatable bonds is 3. The van der Waals surface area contributed by atoms with Gasteiger partial charge in [-0.2, -0.15) is 0 Å². The Kier molecular flexibility index (Phi) is 4.06. The molecule has 2 rings (SSSR count). The van der Waals surface area contributed by atoms with Gasteiger partial charge >= 0.3 is 0 Å². The zero-order chi connectivity index (χ0) is 14.0. The first-order chi connectivity index (χ1) is 9.00. The lowest BCUT2D eigenvalue weighted by Crippen LogP contribution is -2.07. The minimum Gasteiger partial charge on any atom is -0.388 e. The standard InChI is InChI=1S/C18H22O/c1-12-7-6-10-16(15(12)4)18(19)11-17-13(2)8-5-9-14(17)3/h5-10,18-19H,11H2,1-4H3. The number of hydrogen-bond donors (Lipinski definition) is 1. The van der Waals surface area contributed by atoms with Crippen molar-refractivity contribution in [3.05, 3.63) is 69.8 Å². The van der Waals surface area contributed by atoms with Crippen molar-refractivity contribution in [3.8, 4) is 0 Å². The third-order valence-corrected chi connectivity index (χ3v) is 4.05. The third-order valence-electron chi connectivity index (χ3n) is 4.05. The van der Waals surface area contributed by atoms with E-state index in [9.17, 15) is 5.11 Å². The molecule has 2 aromatic rings. The summed E-state index contributed by atoms with van der Waals surface area (Å²) in [4.78, 5) is 0. The molecule has 0 radical (unpaired) electrons. The summed E-state index contributed by atoms with van der Waals surface area (Å²) < 4.78 is 0. The number of benzene rings is 2. The minimum absolute atomic E-state index is 0.431. The Balaban J connectivity index is 2.31. The maximum atomic E-state index is 10.5. The molecule has 1 heteroatoms. The average molecular weight is 254 g/mol. The van der Waals surface area contributed by atoms with Crippen molar-refractivity contribution in [2.45, 2.75) is 40.2 Å². The first kappa shape index (κ1) is 13.8. The topological polar surface area (TPSA) is 20.2 Å². The van der Waals surface area contributed by atoms with E-state index in [-0.39, 0.29) is 0 Å². The maximum absolute atomic E-state index is 10.5. The van der Waals surface area contributed by atoms with Crippen LogP contribution in [-0.2, 0) is 6.42 Å². The third kappa shape index (κ3) is 2.87. The molecule has 0 aliphatic rings. The number of hydrogen-bond acceptors (Lipinski definition) is 1. The zero-order valence-corrected chi connectivity index (χ0v) is 12.2. The van der Waals surface area contributed by atoms with E-state index in [4.69, 9.17) is 0 Å². The molecule has 0 bridgehead atoms. The van der Waals surface area contributed by atoms with Crippen molar-refractivity contribution >= 4 is 0 Å². The monoisotopic (exact) mass is 254 g/mol. The molecule has 19 heavy (non-hydrogen) atoms. The van der Waals surface area contributed by atoms with E-state index in [1.54, 1.807) is 0 Å². The van der Waals surface area contributed by atoms with Gasteiger partial charge in [0.1, 0.15) is 0 Å². The summed E-state index contributed by atoms with van der Waals surface area (Å²) in [5.74, 6) is 0. The normalized spacial score (nSPS) is 12.5. The summed E-state index contributed by atoms with van der Waals surface area (Å²) in [5.41, 5.74) is 7.24. The van der Waals surface area contributed by atoms with Gasteiger partial charge < -0.3 is 5.11 Å². The highest BCUT2D eigenvalue weighted by atomic mass is 16.3. The Morgan fingerprint density at radius 1 is 0.842 bits per heavy atom. The Morgan fingerprint density at radius 3 is 2.00 bits per heavy atom. The van der Waals surface area contributed by atoms with Gasteiger partial charge in [0.2, 0.25) is 0 Å². The zero-order valence-electron chi connectivity index (χ0n) is 12.2. The highest BCUT2D eigenvalue weighted by Crippen LogP contribution is 2.26. The Labute approximate surface area is 115 Å². The smallest absolute Gasteiger partial charge is 0.0833 e. The van der Waals surface area contributed by atoms with Gasteiger partial charge in [-0.15, -0.1) is 0 Å². The summed E-state index contributed by atoms with van der Waals surface area (Å²) in [6.45, 7) is 8.39. The van der Waals surface area contributed by atoms with Crippen LogP contribution in [0.5, 0.6) is 0 Å². The van der Waals surface area contributed by atoms with Gasteiger partial charge in [0, 0.05) is 6.42 Å². The molecule has 0 aliphatic heterocycles. The van der Waals surface area contributed by atoms with Gasteiger partial charge in [-0.25, -0.2) is 0 Å². The van der Waals surface area contributed by atoms with Gasteiger partial charge in [-0.05, 0) is 61.1 Å². The van der Waals surface area contributed by atoms with Crippen molar-refractivity contribution in [1.82, 2.24) is 0 Å². The van der Waals surface area contributed by atoms with Crippen LogP contribution in [0.25, 0.3) is 0 Å². The Hall–Kier alpha value is -1.60. The van der Waals surface area contributed by atoms with Crippen LogP contribution in [0.1, 0.15) is 39.5 Å². The van der Waals surface area contributed by atoms with Crippen LogP contribution < -0.4 is 0 Å². The second-order valence-electron chi connectivity index (χ2n) is 5.38. The van der Waals surface area contributed by atoms with Crippen molar-refractivity contribution in [1.29, 1.82) is 0 Å². The van der Waals surface area contributed by atoms with E-state index in [0.717, 1.165) is 5.56 Å². The fourth-order valence-corrected chi connectivity index (χ4v) is 2.61. The van der Waals surface area contributed by atoms with Crippen LogP contribution in [-0.4, -0.2) is 5.11 Å². The average Bonchev–Trinajstić information content (AvgIpc) is 2.37. The van der Waals surface area contributed by atoms with E-state index >= 15 is 0 Å². The predicted molar refractivity (Wildman–Crippen MR) is 80.5 cm³/mol. The highest BCUT2D eigenvalue weighted by Gasteiger charge is 2.14. The van der Waals surface area contributed by atoms with Crippen molar-refractivity contribution in [3.63, 3.8) is 0 Å². The van der Waals surface area contributed by atoms with Gasteiger partial charge in [0.05, 0.1) is 6.10 Å². The molecule has 1 nitrogen and oxygen atoms in total. The quantitative estimate of drug-likeness (QED) is 0.870. The van der Waals surface area contributed by atoms with Crippen LogP contribution in [0.15, 0.2) is 36.4 Å². The highest BCUT2D eigenvalue weighted by molar-refractivity contribution is 5.38. The van der Waals surface area contributed by atoms with Crippen molar-refractivity contribution in [2.24, 2.45) is 0 Å². The van der Waals surface area contributed by atoms with Crippen LogP contribution in [0.3, 0.4) is 0 Å². The summed E-state index contributed by atoms with van der Waals surface area (Å²) in [7, 11) is 0. The van der Waals surface area contributed by atoms with E-state index in [2.05, 4.69) is 52.0 Å². The molecular weight excluding hydrogens is 232 g/mol. The molecule has 0 fully saturated rings. The van der Waals surface area contributed by atoms with E-state index < -0.39 is 6.10 Å². The number of aryl methyl sites for hydroxylation is 3. The predicted octanol–water partition coefficient (Wildman–Crippen LogP) is 4.20. The lowest BCUT2D eigenvalue weighted by Gasteiger charge is -2.18. The van der Waals surface area contributed by atoms with E-state index in [1.165, 1.54) is 27.8 Å². The molecule has 0 amide bonds. The minimum atomic E-state index is -0.431. The molecule has 1 unspecified atom stereocenters. The molecule has 2 aromatic carbocycles. The van der Waals surface area contributed by atoms with Crippen LogP contribution >= 0.6 is 0 Å². The molecule has 0 heterocycles. The number of aliphatic hydroxyl groups excluding tert-OH is 1. The van der Waals surface area contributed by atoms with Gasteiger partial charge in [0.25, 0.3) is 0 Å². The fourth-order valence-electron chi connectivity index (χ4n) is 2.61. The Morgan fingerprint density at radius 2 is 1.37 bits per heavy atom. The molecule has 100 valence electrons. The van der Waals surface area contributed by atoms with E-state index in [1.807, 2.05) is 12.1 Å². The van der Waals surface area contributed by atoms with Gasteiger partial charge in [0.15, 0.2) is 0 Å². The van der Waals surface area contributed by atoms with E-state index in [0.29, 0.717) is 6.42 Å². The molecular formula is C18H22O. The second kappa shape index (κ2) is 5.58. The maximum Gasteiger partial charge on any atom is 0.0833 e. The molecule has 0 saturated carbocycles. The Bertz CT molecular complexity index is 564. The fraction of sp³-hybridized carbons (Fsp3) is 0.333. The lowest BCUT2D eigenvalue weighted by atomic mass is 9.91. The summed E-state index contributed by atoms with van der Waals surface area (Å²) in [6.07, 6.45) is 0.253. The summed E-state index contributed by atoms with van der Waals surface area (Å²) in [5, 5.41) is 10.5. The molecule has 1 N–H and O–H groups in total. The first-order valence-electron chi connectivity index (χ1n) is 6.80. The summed E-state index contributed by atoms with van der Waals surface area (Å²) in [6, 6.07) is 12.4.